The highest BCUT2D eigenvalue weighted by atomic mass is 35.5. The molecule has 1 N–H and O–H groups in total. The van der Waals surface area contributed by atoms with E-state index in [1.807, 2.05) is 13.0 Å². The Morgan fingerprint density at radius 1 is 1.33 bits per heavy atom. The zero-order valence-corrected chi connectivity index (χ0v) is 7.74. The number of nitrogens with zero attached hydrogens (tertiary/aromatic N) is 1. The highest BCUT2D eigenvalue weighted by molar-refractivity contribution is 6.34. The van der Waals surface area contributed by atoms with Crippen LogP contribution in [0.4, 0.5) is 0 Å². The Morgan fingerprint density at radius 2 is 2.08 bits per heavy atom. The fraction of sp³-hybridized carbons (Fsp3) is 0.222. The summed E-state index contributed by atoms with van der Waals surface area (Å²) < 4.78 is 0. The number of halogens is 1. The molecule has 12 heavy (non-hydrogen) atoms. The van der Waals surface area contributed by atoms with Gasteiger partial charge in [-0.05, 0) is 31.0 Å². The number of benzene rings is 1. The maximum atomic E-state index is 5.91. The number of aromatic nitrogens is 2. The van der Waals surface area contributed by atoms with Crippen LogP contribution in [0.1, 0.15) is 11.1 Å². The molecule has 0 bridgehead atoms. The van der Waals surface area contributed by atoms with Crippen LogP contribution in [0.25, 0.3) is 10.9 Å². The minimum absolute atomic E-state index is 0.627. The molecule has 0 spiro atoms. The number of hydrogen-bond acceptors (Lipinski definition) is 1. The molecule has 1 aromatic heterocycles. The SMILES string of the molecule is Cc1cc(C)c2c(Cl)[nH]nc2c1. The number of H-pyrrole nitrogens is 1. The van der Waals surface area contributed by atoms with Crippen molar-refractivity contribution in [2.24, 2.45) is 0 Å². The van der Waals surface area contributed by atoms with E-state index in [9.17, 15) is 0 Å². The molecule has 0 radical (unpaired) electrons. The molecule has 62 valence electrons. The molecule has 0 saturated carbocycles. The quantitative estimate of drug-likeness (QED) is 0.664. The lowest BCUT2D eigenvalue weighted by molar-refractivity contribution is 1.12. The number of fused-ring (bicyclic) bond motifs is 1. The van der Waals surface area contributed by atoms with Crippen LogP contribution in [0.5, 0.6) is 0 Å². The van der Waals surface area contributed by atoms with Gasteiger partial charge < -0.3 is 0 Å². The molecule has 0 atom stereocenters. The van der Waals surface area contributed by atoms with E-state index in [1.165, 1.54) is 11.1 Å². The van der Waals surface area contributed by atoms with Gasteiger partial charge in [0, 0.05) is 5.39 Å². The summed E-state index contributed by atoms with van der Waals surface area (Å²) in [6.45, 7) is 4.09. The van der Waals surface area contributed by atoms with Gasteiger partial charge in [0.15, 0.2) is 0 Å². The third-order valence-corrected chi connectivity index (χ3v) is 2.23. The van der Waals surface area contributed by atoms with Gasteiger partial charge in [0.05, 0.1) is 5.52 Å². The Balaban J connectivity index is 2.93. The molecule has 2 rings (SSSR count). The molecule has 0 amide bonds. The molecule has 1 aromatic carbocycles. The topological polar surface area (TPSA) is 28.7 Å². The van der Waals surface area contributed by atoms with Crippen LogP contribution >= 0.6 is 11.6 Å². The zero-order chi connectivity index (χ0) is 8.72. The van der Waals surface area contributed by atoms with Gasteiger partial charge in [0.1, 0.15) is 5.15 Å². The molecule has 1 heterocycles. The molecule has 2 aromatic rings. The van der Waals surface area contributed by atoms with Crippen LogP contribution in [-0.2, 0) is 0 Å². The summed E-state index contributed by atoms with van der Waals surface area (Å²) in [5.74, 6) is 0. The normalized spacial score (nSPS) is 10.9. The molecule has 0 unspecified atom stereocenters. The average molecular weight is 181 g/mol. The van der Waals surface area contributed by atoms with Crippen molar-refractivity contribution < 1.29 is 0 Å². The fourth-order valence-electron chi connectivity index (χ4n) is 1.48. The van der Waals surface area contributed by atoms with E-state index in [-0.39, 0.29) is 0 Å². The van der Waals surface area contributed by atoms with E-state index in [1.54, 1.807) is 0 Å². The van der Waals surface area contributed by atoms with Crippen molar-refractivity contribution in [1.29, 1.82) is 0 Å². The summed E-state index contributed by atoms with van der Waals surface area (Å²) in [6, 6.07) is 4.12. The lowest BCUT2D eigenvalue weighted by Gasteiger charge is -1.97. The minimum Gasteiger partial charge on any atom is -0.266 e. The molecule has 0 aliphatic heterocycles. The Kier molecular flexibility index (Phi) is 1.58. The standard InChI is InChI=1S/C9H9ClN2/c1-5-3-6(2)8-7(4-5)11-12-9(8)10/h3-4H,1-2H3,(H,11,12). The van der Waals surface area contributed by atoms with Crippen molar-refractivity contribution in [3.05, 3.63) is 28.4 Å². The van der Waals surface area contributed by atoms with Gasteiger partial charge >= 0.3 is 0 Å². The second-order valence-electron chi connectivity index (χ2n) is 3.01. The second-order valence-corrected chi connectivity index (χ2v) is 3.39. The van der Waals surface area contributed by atoms with E-state index in [0.717, 1.165) is 10.9 Å². The van der Waals surface area contributed by atoms with Gasteiger partial charge in [-0.25, -0.2) is 0 Å². The van der Waals surface area contributed by atoms with Gasteiger partial charge in [-0.15, -0.1) is 0 Å². The lowest BCUT2D eigenvalue weighted by atomic mass is 10.1. The number of rotatable bonds is 0. The van der Waals surface area contributed by atoms with Crippen molar-refractivity contribution >= 4 is 22.5 Å². The highest BCUT2D eigenvalue weighted by Gasteiger charge is 2.05. The Bertz CT molecular complexity index is 431. The minimum atomic E-state index is 0.627. The first-order chi connectivity index (χ1) is 5.68. The summed E-state index contributed by atoms with van der Waals surface area (Å²) >= 11 is 5.91. The van der Waals surface area contributed by atoms with Gasteiger partial charge in [0.25, 0.3) is 0 Å². The van der Waals surface area contributed by atoms with Gasteiger partial charge in [0.2, 0.25) is 0 Å². The van der Waals surface area contributed by atoms with E-state index in [4.69, 9.17) is 11.6 Å². The zero-order valence-electron chi connectivity index (χ0n) is 6.98. The first kappa shape index (κ1) is 7.62. The van der Waals surface area contributed by atoms with E-state index in [0.29, 0.717) is 5.15 Å². The van der Waals surface area contributed by atoms with Gasteiger partial charge in [-0.3, -0.25) is 5.10 Å². The second kappa shape index (κ2) is 2.49. The highest BCUT2D eigenvalue weighted by Crippen LogP contribution is 2.24. The molecule has 3 heteroatoms. The lowest BCUT2D eigenvalue weighted by Crippen LogP contribution is -1.78. The smallest absolute Gasteiger partial charge is 0.132 e. The first-order valence-corrected chi connectivity index (χ1v) is 4.17. The van der Waals surface area contributed by atoms with Crippen LogP contribution in [0.3, 0.4) is 0 Å². The Hall–Kier alpha value is -1.02. The Morgan fingerprint density at radius 3 is 2.83 bits per heavy atom. The van der Waals surface area contributed by atoms with Gasteiger partial charge in [-0.2, -0.15) is 5.10 Å². The summed E-state index contributed by atoms with van der Waals surface area (Å²) in [7, 11) is 0. The van der Waals surface area contributed by atoms with Crippen LogP contribution < -0.4 is 0 Å². The first-order valence-electron chi connectivity index (χ1n) is 3.79. The monoisotopic (exact) mass is 180 g/mol. The van der Waals surface area contributed by atoms with Crippen LogP contribution in [0, 0.1) is 13.8 Å². The van der Waals surface area contributed by atoms with E-state index in [2.05, 4.69) is 23.2 Å². The molecular weight excluding hydrogens is 172 g/mol. The van der Waals surface area contributed by atoms with Crippen LogP contribution in [0.15, 0.2) is 12.1 Å². The third-order valence-electron chi connectivity index (χ3n) is 1.95. The van der Waals surface area contributed by atoms with E-state index < -0.39 is 0 Å². The van der Waals surface area contributed by atoms with Crippen LogP contribution in [0.2, 0.25) is 5.15 Å². The molecule has 2 nitrogen and oxygen atoms in total. The number of aryl methyl sites for hydroxylation is 2. The van der Waals surface area contributed by atoms with Gasteiger partial charge in [-0.1, -0.05) is 17.7 Å². The predicted molar refractivity (Wildman–Crippen MR) is 50.6 cm³/mol. The Labute approximate surface area is 75.5 Å². The number of hydrogen-bond donors (Lipinski definition) is 1. The largest absolute Gasteiger partial charge is 0.266 e. The van der Waals surface area contributed by atoms with Crippen molar-refractivity contribution in [3.63, 3.8) is 0 Å². The summed E-state index contributed by atoms with van der Waals surface area (Å²) in [6.07, 6.45) is 0. The molecule has 0 saturated heterocycles. The summed E-state index contributed by atoms with van der Waals surface area (Å²) in [5, 5.41) is 8.50. The van der Waals surface area contributed by atoms with Crippen molar-refractivity contribution in [2.45, 2.75) is 13.8 Å². The van der Waals surface area contributed by atoms with Crippen molar-refractivity contribution in [3.8, 4) is 0 Å². The molecule has 0 fully saturated rings. The average Bonchev–Trinajstić information content (AvgIpc) is 2.31. The third kappa shape index (κ3) is 0.994. The summed E-state index contributed by atoms with van der Waals surface area (Å²) in [5.41, 5.74) is 3.32. The summed E-state index contributed by atoms with van der Waals surface area (Å²) in [4.78, 5) is 0. The number of nitrogens with one attached hydrogen (secondary N) is 1. The molecule has 0 aliphatic carbocycles. The molecular formula is C9H9ClN2. The van der Waals surface area contributed by atoms with E-state index >= 15 is 0 Å². The maximum Gasteiger partial charge on any atom is 0.132 e. The predicted octanol–water partition coefficient (Wildman–Crippen LogP) is 2.83. The van der Waals surface area contributed by atoms with Crippen molar-refractivity contribution in [2.75, 3.05) is 0 Å². The van der Waals surface area contributed by atoms with Crippen LogP contribution in [-0.4, -0.2) is 10.2 Å². The maximum absolute atomic E-state index is 5.91. The fourth-order valence-corrected chi connectivity index (χ4v) is 1.77. The van der Waals surface area contributed by atoms with Crippen molar-refractivity contribution in [1.82, 2.24) is 10.2 Å². The number of aromatic amines is 1. The molecule has 0 aliphatic rings.